The van der Waals surface area contributed by atoms with Gasteiger partial charge in [0.05, 0.1) is 11.1 Å². The Bertz CT molecular complexity index is 1360. The van der Waals surface area contributed by atoms with E-state index in [0.29, 0.717) is 12.0 Å². The van der Waals surface area contributed by atoms with Gasteiger partial charge in [-0.15, -0.1) is 0 Å². The van der Waals surface area contributed by atoms with Gasteiger partial charge >= 0.3 is 0 Å². The van der Waals surface area contributed by atoms with Crippen molar-refractivity contribution in [1.82, 2.24) is 4.31 Å². The van der Waals surface area contributed by atoms with Crippen LogP contribution in [0.15, 0.2) is 65.6 Å². The van der Waals surface area contributed by atoms with E-state index in [0.717, 1.165) is 34.6 Å². The maximum Gasteiger partial charge on any atom is 0.243 e. The van der Waals surface area contributed by atoms with Gasteiger partial charge in [-0.25, -0.2) is 12.8 Å². The third-order valence-electron chi connectivity index (χ3n) is 6.81. The third-order valence-corrected chi connectivity index (χ3v) is 11.4. The van der Waals surface area contributed by atoms with Crippen LogP contribution in [0.1, 0.15) is 57.2 Å². The summed E-state index contributed by atoms with van der Waals surface area (Å²) in [5.41, 5.74) is 2.41. The van der Waals surface area contributed by atoms with E-state index in [4.69, 9.17) is 4.74 Å². The highest BCUT2D eigenvalue weighted by Crippen LogP contribution is 2.39. The first-order valence-electron chi connectivity index (χ1n) is 12.8. The second kappa shape index (κ2) is 11.2. The number of halogens is 1. The minimum Gasteiger partial charge on any atom is -0.507 e. The molecule has 0 fully saturated rings. The molecule has 1 N–H and O–H groups in total. The van der Waals surface area contributed by atoms with Crippen molar-refractivity contribution in [1.29, 1.82) is 0 Å². The summed E-state index contributed by atoms with van der Waals surface area (Å²) in [6.07, 6.45) is 0.567. The molecule has 0 unspecified atom stereocenters. The quantitative estimate of drug-likeness (QED) is 0.313. The van der Waals surface area contributed by atoms with Gasteiger partial charge in [0, 0.05) is 24.7 Å². The number of phenols is 1. The summed E-state index contributed by atoms with van der Waals surface area (Å²) >= 11 is 0. The summed E-state index contributed by atoms with van der Waals surface area (Å²) in [6, 6.07) is 16.8. The largest absolute Gasteiger partial charge is 0.507 e. The Morgan fingerprint density at radius 3 is 2.11 bits per heavy atom. The second-order valence-electron chi connectivity index (χ2n) is 11.9. The fraction of sp³-hybridized carbons (Fsp3) is 0.400. The van der Waals surface area contributed by atoms with Crippen molar-refractivity contribution >= 4 is 23.3 Å². The molecule has 0 spiro atoms. The van der Waals surface area contributed by atoms with Gasteiger partial charge in [-0.05, 0) is 53.3 Å². The summed E-state index contributed by atoms with van der Waals surface area (Å²) in [5.74, 6) is 0.806. The van der Waals surface area contributed by atoms with Crippen LogP contribution in [0.25, 0.3) is 0 Å². The highest BCUT2D eigenvalue weighted by atomic mass is 32.2. The molecule has 5 nitrogen and oxygen atoms in total. The standard InChI is InChI=1S/C30H40FNO4SSi/c1-21(2)27-17-24(18-28(29(27)33)30(3,4)5)36-20-38(7,8)26-15-9-22(10-16-26)19-32(6)37(34,35)25-13-11-23(31)12-14-25/h9-18,21,33H,19-20H2,1-8H3. The molecule has 3 rings (SSSR count). The van der Waals surface area contributed by atoms with E-state index in [1.165, 1.54) is 28.7 Å². The number of ether oxygens (including phenoxy) is 1. The van der Waals surface area contributed by atoms with Gasteiger partial charge in [0.1, 0.15) is 25.4 Å². The molecule has 0 saturated heterocycles. The first kappa shape index (κ1) is 29.9. The summed E-state index contributed by atoms with van der Waals surface area (Å²) in [7, 11) is -4.19. The second-order valence-corrected chi connectivity index (χ2v) is 18.6. The van der Waals surface area contributed by atoms with Crippen LogP contribution in [0.4, 0.5) is 4.39 Å². The zero-order chi connectivity index (χ0) is 28.5. The van der Waals surface area contributed by atoms with Crippen molar-refractivity contribution in [3.63, 3.8) is 0 Å². The molecule has 0 aliphatic heterocycles. The molecular formula is C30H40FNO4SSi. The van der Waals surface area contributed by atoms with E-state index in [9.17, 15) is 17.9 Å². The molecule has 0 saturated carbocycles. The Labute approximate surface area is 228 Å². The lowest BCUT2D eigenvalue weighted by atomic mass is 9.83. The SMILES string of the molecule is CC(C)c1cc(OC[Si](C)(C)c2ccc(CN(C)S(=O)(=O)c3ccc(F)cc3)cc2)cc(C(C)(C)C)c1O. The molecule has 0 aliphatic carbocycles. The third kappa shape index (κ3) is 6.84. The van der Waals surface area contributed by atoms with Crippen LogP contribution in [-0.2, 0) is 22.0 Å². The molecule has 0 aromatic heterocycles. The van der Waals surface area contributed by atoms with Crippen molar-refractivity contribution in [3.05, 3.63) is 83.2 Å². The molecule has 206 valence electrons. The van der Waals surface area contributed by atoms with Crippen LogP contribution in [0.2, 0.25) is 13.1 Å². The van der Waals surface area contributed by atoms with Crippen molar-refractivity contribution in [2.75, 3.05) is 13.3 Å². The maximum absolute atomic E-state index is 13.2. The van der Waals surface area contributed by atoms with Crippen LogP contribution >= 0.6 is 0 Å². The molecule has 0 radical (unpaired) electrons. The van der Waals surface area contributed by atoms with E-state index in [2.05, 4.69) is 59.8 Å². The molecule has 3 aromatic carbocycles. The van der Waals surface area contributed by atoms with E-state index >= 15 is 0 Å². The number of hydrogen-bond acceptors (Lipinski definition) is 4. The van der Waals surface area contributed by atoms with Crippen LogP contribution in [-0.4, -0.2) is 39.2 Å². The number of nitrogens with zero attached hydrogens (tertiary/aromatic N) is 1. The molecule has 0 amide bonds. The van der Waals surface area contributed by atoms with Crippen LogP contribution in [0.3, 0.4) is 0 Å². The van der Waals surface area contributed by atoms with E-state index in [-0.39, 0.29) is 22.8 Å². The first-order valence-corrected chi connectivity index (χ1v) is 17.5. The minimum absolute atomic E-state index is 0.0631. The fourth-order valence-corrected chi connectivity index (χ4v) is 7.18. The highest BCUT2D eigenvalue weighted by Gasteiger charge is 2.27. The monoisotopic (exact) mass is 557 g/mol. The summed E-state index contributed by atoms with van der Waals surface area (Å²) in [6.45, 7) is 15.1. The van der Waals surface area contributed by atoms with Crippen LogP contribution < -0.4 is 9.92 Å². The van der Waals surface area contributed by atoms with Gasteiger partial charge in [0.25, 0.3) is 0 Å². The Morgan fingerprint density at radius 2 is 1.58 bits per heavy atom. The van der Waals surface area contributed by atoms with Gasteiger partial charge in [0.15, 0.2) is 0 Å². The van der Waals surface area contributed by atoms with Crippen molar-refractivity contribution in [2.45, 2.75) is 70.5 Å². The number of hydrogen-bond donors (Lipinski definition) is 1. The van der Waals surface area contributed by atoms with Crippen LogP contribution in [0, 0.1) is 5.82 Å². The summed E-state index contributed by atoms with van der Waals surface area (Å²) < 4.78 is 46.5. The van der Waals surface area contributed by atoms with E-state index < -0.39 is 23.9 Å². The Morgan fingerprint density at radius 1 is 1.00 bits per heavy atom. The number of benzene rings is 3. The van der Waals surface area contributed by atoms with Gasteiger partial charge in [-0.2, -0.15) is 4.31 Å². The maximum atomic E-state index is 13.2. The summed E-state index contributed by atoms with van der Waals surface area (Å²) in [4.78, 5) is 0.0631. The van der Waals surface area contributed by atoms with Crippen molar-refractivity contribution < 1.29 is 22.7 Å². The van der Waals surface area contributed by atoms with E-state index in [1.807, 2.05) is 24.3 Å². The smallest absolute Gasteiger partial charge is 0.243 e. The zero-order valence-corrected chi connectivity index (χ0v) is 25.5. The molecular weight excluding hydrogens is 517 g/mol. The Kier molecular flexibility index (Phi) is 8.80. The molecule has 0 heterocycles. The lowest BCUT2D eigenvalue weighted by molar-refractivity contribution is 0.372. The highest BCUT2D eigenvalue weighted by molar-refractivity contribution is 7.89. The lowest BCUT2D eigenvalue weighted by Crippen LogP contribution is -2.47. The predicted molar refractivity (Wildman–Crippen MR) is 155 cm³/mol. The zero-order valence-electron chi connectivity index (χ0n) is 23.7. The topological polar surface area (TPSA) is 66.8 Å². The number of rotatable bonds is 9. The van der Waals surface area contributed by atoms with Gasteiger partial charge < -0.3 is 9.84 Å². The van der Waals surface area contributed by atoms with Gasteiger partial charge in [-0.3, -0.25) is 0 Å². The average Bonchev–Trinajstić information content (AvgIpc) is 2.83. The number of phenolic OH excluding ortho intramolecular Hbond substituents is 1. The average molecular weight is 558 g/mol. The van der Waals surface area contributed by atoms with Gasteiger partial charge in [0.2, 0.25) is 10.0 Å². The van der Waals surface area contributed by atoms with Crippen molar-refractivity contribution in [2.24, 2.45) is 0 Å². The molecule has 0 atom stereocenters. The number of aromatic hydroxyl groups is 1. The summed E-state index contributed by atoms with van der Waals surface area (Å²) in [5, 5.41) is 12.0. The van der Waals surface area contributed by atoms with Crippen LogP contribution in [0.5, 0.6) is 11.5 Å². The van der Waals surface area contributed by atoms with Gasteiger partial charge in [-0.1, -0.05) is 77.2 Å². The number of sulfonamides is 1. The lowest BCUT2D eigenvalue weighted by Gasteiger charge is -2.27. The molecule has 0 bridgehead atoms. The molecule has 0 aliphatic rings. The molecule has 3 aromatic rings. The fourth-order valence-electron chi connectivity index (χ4n) is 4.26. The molecule has 38 heavy (non-hydrogen) atoms. The predicted octanol–water partition coefficient (Wildman–Crippen LogP) is 6.31. The Balaban J connectivity index is 1.74. The first-order chi connectivity index (χ1) is 17.5. The normalized spacial score (nSPS) is 12.8. The van der Waals surface area contributed by atoms with E-state index in [1.54, 1.807) is 0 Å². The Hall–Kier alpha value is -2.68. The molecule has 8 heteroatoms. The van der Waals surface area contributed by atoms with Crippen molar-refractivity contribution in [3.8, 4) is 11.5 Å². The minimum atomic E-state index is -3.72.